The SMILES string of the molecule is CCCSCC(=O)NCc1nn(CC)c2ccccc12. The lowest BCUT2D eigenvalue weighted by Gasteiger charge is -2.03. The van der Waals surface area contributed by atoms with Crippen LogP contribution in [0.25, 0.3) is 10.9 Å². The second-order valence-corrected chi connectivity index (χ2v) is 5.71. The second-order valence-electron chi connectivity index (χ2n) is 4.61. The highest BCUT2D eigenvalue weighted by Gasteiger charge is 2.10. The average molecular weight is 291 g/mol. The monoisotopic (exact) mass is 291 g/mol. The van der Waals surface area contributed by atoms with Crippen LogP contribution in [0.1, 0.15) is 26.0 Å². The number of fused-ring (bicyclic) bond motifs is 1. The molecule has 0 saturated carbocycles. The molecule has 0 aliphatic carbocycles. The van der Waals surface area contributed by atoms with Crippen molar-refractivity contribution in [2.24, 2.45) is 0 Å². The van der Waals surface area contributed by atoms with Crippen LogP contribution in [0.4, 0.5) is 0 Å². The number of aryl methyl sites for hydroxylation is 1. The fourth-order valence-electron chi connectivity index (χ4n) is 2.11. The third-order valence-electron chi connectivity index (χ3n) is 3.07. The van der Waals surface area contributed by atoms with Gasteiger partial charge in [-0.2, -0.15) is 16.9 Å². The molecule has 2 aromatic rings. The summed E-state index contributed by atoms with van der Waals surface area (Å²) >= 11 is 1.67. The summed E-state index contributed by atoms with van der Waals surface area (Å²) in [5, 5.41) is 8.64. The molecule has 5 heteroatoms. The molecular formula is C15H21N3OS. The van der Waals surface area contributed by atoms with Crippen molar-refractivity contribution in [2.75, 3.05) is 11.5 Å². The minimum Gasteiger partial charge on any atom is -0.350 e. The molecule has 0 spiro atoms. The van der Waals surface area contributed by atoms with E-state index in [4.69, 9.17) is 0 Å². The number of carbonyl (C=O) groups is 1. The molecule has 1 aromatic carbocycles. The molecule has 1 aromatic heterocycles. The summed E-state index contributed by atoms with van der Waals surface area (Å²) in [6, 6.07) is 8.14. The second kappa shape index (κ2) is 7.33. The molecule has 4 nitrogen and oxygen atoms in total. The van der Waals surface area contributed by atoms with Crippen LogP contribution in [0.2, 0.25) is 0 Å². The smallest absolute Gasteiger partial charge is 0.230 e. The maximum atomic E-state index is 11.7. The Kier molecular flexibility index (Phi) is 5.47. The maximum Gasteiger partial charge on any atom is 0.230 e. The molecule has 1 N–H and O–H groups in total. The van der Waals surface area contributed by atoms with E-state index < -0.39 is 0 Å². The zero-order valence-electron chi connectivity index (χ0n) is 12.1. The van der Waals surface area contributed by atoms with Gasteiger partial charge in [-0.25, -0.2) is 0 Å². The lowest BCUT2D eigenvalue weighted by molar-refractivity contribution is -0.118. The van der Waals surface area contributed by atoms with Crippen LogP contribution < -0.4 is 5.32 Å². The van der Waals surface area contributed by atoms with E-state index in [1.165, 1.54) is 0 Å². The number of hydrogen-bond acceptors (Lipinski definition) is 3. The van der Waals surface area contributed by atoms with Crippen LogP contribution >= 0.6 is 11.8 Å². The highest BCUT2D eigenvalue weighted by molar-refractivity contribution is 7.99. The van der Waals surface area contributed by atoms with E-state index in [9.17, 15) is 4.79 Å². The van der Waals surface area contributed by atoms with Crippen molar-refractivity contribution in [3.05, 3.63) is 30.0 Å². The molecule has 0 saturated heterocycles. The lowest BCUT2D eigenvalue weighted by Crippen LogP contribution is -2.25. The van der Waals surface area contributed by atoms with Crippen molar-refractivity contribution in [2.45, 2.75) is 33.4 Å². The van der Waals surface area contributed by atoms with E-state index in [-0.39, 0.29) is 5.91 Å². The van der Waals surface area contributed by atoms with Crippen molar-refractivity contribution in [3.63, 3.8) is 0 Å². The van der Waals surface area contributed by atoms with Gasteiger partial charge in [-0.3, -0.25) is 9.48 Å². The Labute approximate surface area is 123 Å². The molecule has 20 heavy (non-hydrogen) atoms. The van der Waals surface area contributed by atoms with Crippen LogP contribution in [0, 0.1) is 0 Å². The summed E-state index contributed by atoms with van der Waals surface area (Å²) in [5.74, 6) is 1.64. The summed E-state index contributed by atoms with van der Waals surface area (Å²) in [6.07, 6.45) is 1.10. The first-order valence-electron chi connectivity index (χ1n) is 7.05. The van der Waals surface area contributed by atoms with Crippen molar-refractivity contribution >= 4 is 28.6 Å². The quantitative estimate of drug-likeness (QED) is 0.798. The van der Waals surface area contributed by atoms with E-state index in [1.807, 2.05) is 16.8 Å². The Hall–Kier alpha value is -1.49. The average Bonchev–Trinajstić information content (AvgIpc) is 2.84. The minimum absolute atomic E-state index is 0.0820. The number of para-hydroxylation sites is 1. The highest BCUT2D eigenvalue weighted by atomic mass is 32.2. The van der Waals surface area contributed by atoms with Gasteiger partial charge in [0.15, 0.2) is 0 Å². The van der Waals surface area contributed by atoms with Gasteiger partial charge in [0.2, 0.25) is 5.91 Å². The predicted molar refractivity (Wildman–Crippen MR) is 84.9 cm³/mol. The summed E-state index contributed by atoms with van der Waals surface area (Å²) in [4.78, 5) is 11.7. The Morgan fingerprint density at radius 2 is 2.15 bits per heavy atom. The molecule has 0 radical (unpaired) electrons. The molecule has 1 heterocycles. The van der Waals surface area contributed by atoms with Gasteiger partial charge < -0.3 is 5.32 Å². The number of rotatable bonds is 7. The van der Waals surface area contributed by atoms with E-state index in [1.54, 1.807) is 11.8 Å². The van der Waals surface area contributed by atoms with Gasteiger partial charge in [0.05, 0.1) is 23.5 Å². The largest absolute Gasteiger partial charge is 0.350 e. The normalized spacial score (nSPS) is 10.9. The van der Waals surface area contributed by atoms with Crippen LogP contribution in [0.5, 0.6) is 0 Å². The summed E-state index contributed by atoms with van der Waals surface area (Å²) in [5.41, 5.74) is 2.07. The molecule has 0 aliphatic heterocycles. The van der Waals surface area contributed by atoms with Crippen molar-refractivity contribution in [1.29, 1.82) is 0 Å². The number of aromatic nitrogens is 2. The fourth-order valence-corrected chi connectivity index (χ4v) is 2.83. The maximum absolute atomic E-state index is 11.7. The van der Waals surface area contributed by atoms with Crippen LogP contribution in [0.15, 0.2) is 24.3 Å². The van der Waals surface area contributed by atoms with Crippen LogP contribution in [-0.2, 0) is 17.9 Å². The minimum atomic E-state index is 0.0820. The van der Waals surface area contributed by atoms with Gasteiger partial charge in [-0.1, -0.05) is 25.1 Å². The van der Waals surface area contributed by atoms with Gasteiger partial charge >= 0.3 is 0 Å². The zero-order valence-corrected chi connectivity index (χ0v) is 12.9. The van der Waals surface area contributed by atoms with Crippen LogP contribution in [-0.4, -0.2) is 27.2 Å². The van der Waals surface area contributed by atoms with Crippen molar-refractivity contribution < 1.29 is 4.79 Å². The highest BCUT2D eigenvalue weighted by Crippen LogP contribution is 2.18. The molecule has 2 rings (SSSR count). The Morgan fingerprint density at radius 1 is 1.35 bits per heavy atom. The number of nitrogens with one attached hydrogen (secondary N) is 1. The van der Waals surface area contributed by atoms with E-state index in [0.717, 1.165) is 35.3 Å². The molecule has 0 unspecified atom stereocenters. The molecule has 0 fully saturated rings. The molecule has 0 bridgehead atoms. The summed E-state index contributed by atoms with van der Waals surface area (Å²) in [6.45, 7) is 5.53. The van der Waals surface area contributed by atoms with Crippen molar-refractivity contribution in [1.82, 2.24) is 15.1 Å². The molecular weight excluding hydrogens is 270 g/mol. The summed E-state index contributed by atoms with van der Waals surface area (Å²) in [7, 11) is 0. The zero-order chi connectivity index (χ0) is 14.4. The van der Waals surface area contributed by atoms with Crippen LogP contribution in [0.3, 0.4) is 0 Å². The number of amides is 1. The Bertz CT molecular complexity index is 580. The number of hydrogen-bond donors (Lipinski definition) is 1. The van der Waals surface area contributed by atoms with Gasteiger partial charge in [-0.15, -0.1) is 0 Å². The third-order valence-corrected chi connectivity index (χ3v) is 4.23. The van der Waals surface area contributed by atoms with Gasteiger partial charge in [0.1, 0.15) is 0 Å². The van der Waals surface area contributed by atoms with Crippen molar-refractivity contribution in [3.8, 4) is 0 Å². The first kappa shape index (κ1) is 14.9. The van der Waals surface area contributed by atoms with Gasteiger partial charge in [-0.05, 0) is 25.2 Å². The molecule has 1 amide bonds. The first-order chi connectivity index (χ1) is 9.76. The number of nitrogens with zero attached hydrogens (tertiary/aromatic N) is 2. The topological polar surface area (TPSA) is 46.9 Å². The third kappa shape index (κ3) is 3.54. The molecule has 108 valence electrons. The fraction of sp³-hybridized carbons (Fsp3) is 0.467. The molecule has 0 aliphatic rings. The van der Waals surface area contributed by atoms with E-state index in [2.05, 4.69) is 36.4 Å². The number of thioether (sulfide) groups is 1. The number of carbonyl (C=O) groups excluding carboxylic acids is 1. The predicted octanol–water partition coefficient (Wildman–Crippen LogP) is 2.82. The number of benzene rings is 1. The summed E-state index contributed by atoms with van der Waals surface area (Å²) < 4.78 is 1.97. The van der Waals surface area contributed by atoms with E-state index in [0.29, 0.717) is 12.3 Å². The Balaban J connectivity index is 2.01. The van der Waals surface area contributed by atoms with Gasteiger partial charge in [0, 0.05) is 11.9 Å². The molecule has 0 atom stereocenters. The lowest BCUT2D eigenvalue weighted by atomic mass is 10.2. The van der Waals surface area contributed by atoms with E-state index >= 15 is 0 Å². The Morgan fingerprint density at radius 3 is 2.90 bits per heavy atom. The first-order valence-corrected chi connectivity index (χ1v) is 8.20. The van der Waals surface area contributed by atoms with Gasteiger partial charge in [0.25, 0.3) is 0 Å². The standard InChI is InChI=1S/C15H21N3OS/c1-3-9-20-11-15(19)16-10-13-12-7-5-6-8-14(12)18(4-2)17-13/h5-8H,3-4,9-11H2,1-2H3,(H,16,19).